The molecule has 1 rings (SSSR count). The Morgan fingerprint density at radius 2 is 1.85 bits per heavy atom. The number of H-pyrrole nitrogens is 1. The highest BCUT2D eigenvalue weighted by Gasteiger charge is 2.19. The number of aromatic amines is 1. The average Bonchev–Trinajstić information content (AvgIpc) is 2.73. The van der Waals surface area contributed by atoms with E-state index in [9.17, 15) is 8.42 Å². The maximum absolute atomic E-state index is 12.2. The van der Waals surface area contributed by atoms with Gasteiger partial charge in [-0.05, 0) is 25.3 Å². The van der Waals surface area contributed by atoms with Gasteiger partial charge >= 0.3 is 0 Å². The van der Waals surface area contributed by atoms with Crippen LogP contribution in [-0.2, 0) is 16.6 Å². The van der Waals surface area contributed by atoms with Gasteiger partial charge in [-0.1, -0.05) is 27.7 Å². The molecule has 20 heavy (non-hydrogen) atoms. The molecule has 5 nitrogen and oxygen atoms in total. The summed E-state index contributed by atoms with van der Waals surface area (Å²) in [5, 5.41) is 3.25. The Morgan fingerprint density at radius 1 is 1.20 bits per heavy atom. The molecule has 0 spiro atoms. The van der Waals surface area contributed by atoms with Crippen molar-refractivity contribution in [3.63, 3.8) is 0 Å². The van der Waals surface area contributed by atoms with Gasteiger partial charge in [-0.2, -0.15) is 0 Å². The van der Waals surface area contributed by atoms with E-state index in [0.717, 1.165) is 12.1 Å². The summed E-state index contributed by atoms with van der Waals surface area (Å²) in [6.07, 6.45) is 2.37. The van der Waals surface area contributed by atoms with E-state index in [4.69, 9.17) is 0 Å². The smallest absolute Gasteiger partial charge is 0.242 e. The standard InChI is InChI=1S/C14H27N3O2S/c1-10(2)6-12(5)17-20(18,19)14-7-13(16-9-14)8-15-11(3)4/h7,9-12,15-17H,6,8H2,1-5H3. The first kappa shape index (κ1) is 17.2. The van der Waals surface area contributed by atoms with E-state index in [1.54, 1.807) is 12.3 Å². The molecule has 3 N–H and O–H groups in total. The minimum atomic E-state index is -3.43. The van der Waals surface area contributed by atoms with Gasteiger partial charge in [0, 0.05) is 30.5 Å². The molecule has 0 amide bonds. The van der Waals surface area contributed by atoms with Gasteiger partial charge in [0.1, 0.15) is 0 Å². The van der Waals surface area contributed by atoms with Crippen LogP contribution in [0, 0.1) is 5.92 Å². The van der Waals surface area contributed by atoms with Crippen molar-refractivity contribution in [2.45, 2.75) is 64.6 Å². The zero-order valence-electron chi connectivity index (χ0n) is 13.0. The van der Waals surface area contributed by atoms with Crippen LogP contribution in [0.3, 0.4) is 0 Å². The third kappa shape index (κ3) is 5.64. The third-order valence-corrected chi connectivity index (χ3v) is 4.48. The number of aromatic nitrogens is 1. The summed E-state index contributed by atoms with van der Waals surface area (Å²) in [6.45, 7) is 10.8. The van der Waals surface area contributed by atoms with Gasteiger partial charge in [0.2, 0.25) is 10.0 Å². The largest absolute Gasteiger partial charge is 0.363 e. The molecule has 1 aromatic rings. The van der Waals surface area contributed by atoms with Gasteiger partial charge in [0.15, 0.2) is 0 Å². The predicted molar refractivity (Wildman–Crippen MR) is 82.0 cm³/mol. The molecule has 0 bridgehead atoms. The van der Waals surface area contributed by atoms with Crippen LogP contribution >= 0.6 is 0 Å². The second-order valence-electron chi connectivity index (χ2n) is 6.05. The molecule has 0 aliphatic heterocycles. The Morgan fingerprint density at radius 3 is 2.40 bits per heavy atom. The van der Waals surface area contributed by atoms with Crippen molar-refractivity contribution in [2.75, 3.05) is 0 Å². The summed E-state index contributed by atoms with van der Waals surface area (Å²) >= 11 is 0. The third-order valence-electron chi connectivity index (χ3n) is 2.91. The molecule has 0 aliphatic rings. The minimum absolute atomic E-state index is 0.0628. The molecule has 6 heteroatoms. The van der Waals surface area contributed by atoms with E-state index in [1.165, 1.54) is 0 Å². The zero-order chi connectivity index (χ0) is 15.3. The molecule has 1 unspecified atom stereocenters. The Bertz CT molecular complexity index is 506. The van der Waals surface area contributed by atoms with Gasteiger partial charge in [-0.15, -0.1) is 0 Å². The first-order valence-corrected chi connectivity index (χ1v) is 8.62. The summed E-state index contributed by atoms with van der Waals surface area (Å²) in [7, 11) is -3.43. The molecule has 0 aliphatic carbocycles. The first-order chi connectivity index (χ1) is 9.20. The Kier molecular flexibility index (Phi) is 6.23. The Balaban J connectivity index is 2.68. The molecule has 0 saturated carbocycles. The fraction of sp³-hybridized carbons (Fsp3) is 0.714. The summed E-state index contributed by atoms with van der Waals surface area (Å²) in [4.78, 5) is 3.30. The highest BCUT2D eigenvalue weighted by molar-refractivity contribution is 7.89. The monoisotopic (exact) mass is 301 g/mol. The SMILES string of the molecule is CC(C)CC(C)NS(=O)(=O)c1c[nH]c(CNC(C)C)c1. The van der Waals surface area contributed by atoms with Crippen LogP contribution < -0.4 is 10.0 Å². The predicted octanol–water partition coefficient (Wildman–Crippen LogP) is 2.23. The molecule has 0 saturated heterocycles. The van der Waals surface area contributed by atoms with E-state index < -0.39 is 10.0 Å². The fourth-order valence-corrected chi connectivity index (χ4v) is 3.35. The van der Waals surface area contributed by atoms with Crippen LogP contribution in [0.25, 0.3) is 0 Å². The van der Waals surface area contributed by atoms with Gasteiger partial charge in [0.05, 0.1) is 4.90 Å². The topological polar surface area (TPSA) is 74.0 Å². The molecular weight excluding hydrogens is 274 g/mol. The van der Waals surface area contributed by atoms with Crippen LogP contribution in [0.15, 0.2) is 17.2 Å². The van der Waals surface area contributed by atoms with Crippen molar-refractivity contribution in [2.24, 2.45) is 5.92 Å². The van der Waals surface area contributed by atoms with E-state index >= 15 is 0 Å². The summed E-state index contributed by atoms with van der Waals surface area (Å²) < 4.78 is 27.2. The van der Waals surface area contributed by atoms with Crippen molar-refractivity contribution in [3.8, 4) is 0 Å². The number of nitrogens with one attached hydrogen (secondary N) is 3. The average molecular weight is 301 g/mol. The number of rotatable bonds is 8. The fourth-order valence-electron chi connectivity index (χ4n) is 2.08. The number of sulfonamides is 1. The van der Waals surface area contributed by atoms with Crippen molar-refractivity contribution in [1.29, 1.82) is 0 Å². The van der Waals surface area contributed by atoms with Gasteiger partial charge < -0.3 is 10.3 Å². The van der Waals surface area contributed by atoms with E-state index in [2.05, 4.69) is 42.7 Å². The quantitative estimate of drug-likeness (QED) is 0.689. The van der Waals surface area contributed by atoms with E-state index in [1.807, 2.05) is 6.92 Å². The molecule has 1 atom stereocenters. The molecular formula is C14H27N3O2S. The van der Waals surface area contributed by atoms with Crippen molar-refractivity contribution in [1.82, 2.24) is 15.0 Å². The minimum Gasteiger partial charge on any atom is -0.363 e. The summed E-state index contributed by atoms with van der Waals surface area (Å²) in [6, 6.07) is 1.98. The number of hydrogen-bond acceptors (Lipinski definition) is 3. The molecule has 0 fully saturated rings. The van der Waals surface area contributed by atoms with Gasteiger partial charge in [0.25, 0.3) is 0 Å². The summed E-state index contributed by atoms with van der Waals surface area (Å²) in [5.41, 5.74) is 0.871. The lowest BCUT2D eigenvalue weighted by molar-refractivity contribution is 0.482. The second kappa shape index (κ2) is 7.24. The maximum atomic E-state index is 12.2. The molecule has 116 valence electrons. The Labute approximate surface area is 122 Å². The van der Waals surface area contributed by atoms with Gasteiger partial charge in [-0.3, -0.25) is 0 Å². The Hall–Kier alpha value is -0.850. The van der Waals surface area contributed by atoms with Crippen LogP contribution in [0.2, 0.25) is 0 Å². The van der Waals surface area contributed by atoms with Crippen LogP contribution in [0.1, 0.15) is 46.7 Å². The highest BCUT2D eigenvalue weighted by Crippen LogP contribution is 2.13. The second-order valence-corrected chi connectivity index (χ2v) is 7.76. The lowest BCUT2D eigenvalue weighted by Gasteiger charge is -2.15. The van der Waals surface area contributed by atoms with E-state index in [-0.39, 0.29) is 6.04 Å². The molecule has 1 aromatic heterocycles. The lowest BCUT2D eigenvalue weighted by atomic mass is 10.1. The number of hydrogen-bond donors (Lipinski definition) is 3. The molecule has 1 heterocycles. The zero-order valence-corrected chi connectivity index (χ0v) is 13.8. The maximum Gasteiger partial charge on any atom is 0.242 e. The normalized spacial score (nSPS) is 14.2. The lowest BCUT2D eigenvalue weighted by Crippen LogP contribution is -2.33. The van der Waals surface area contributed by atoms with E-state index in [0.29, 0.717) is 23.4 Å². The van der Waals surface area contributed by atoms with Crippen LogP contribution in [0.5, 0.6) is 0 Å². The highest BCUT2D eigenvalue weighted by atomic mass is 32.2. The first-order valence-electron chi connectivity index (χ1n) is 7.13. The van der Waals surface area contributed by atoms with Crippen LogP contribution in [-0.4, -0.2) is 25.5 Å². The van der Waals surface area contributed by atoms with Crippen LogP contribution in [0.4, 0.5) is 0 Å². The molecule has 0 aromatic carbocycles. The molecule has 0 radical (unpaired) electrons. The van der Waals surface area contributed by atoms with Crippen molar-refractivity contribution in [3.05, 3.63) is 18.0 Å². The van der Waals surface area contributed by atoms with Crippen molar-refractivity contribution < 1.29 is 8.42 Å². The van der Waals surface area contributed by atoms with Crippen molar-refractivity contribution >= 4 is 10.0 Å². The van der Waals surface area contributed by atoms with Gasteiger partial charge in [-0.25, -0.2) is 13.1 Å². The summed E-state index contributed by atoms with van der Waals surface area (Å²) in [5.74, 6) is 0.463.